The van der Waals surface area contributed by atoms with Crippen LogP contribution in [0.4, 0.5) is 4.39 Å². The lowest BCUT2D eigenvalue weighted by Gasteiger charge is -2.42. The van der Waals surface area contributed by atoms with Gasteiger partial charge in [0.15, 0.2) is 0 Å². The Morgan fingerprint density at radius 3 is 2.47 bits per heavy atom. The van der Waals surface area contributed by atoms with Gasteiger partial charge >= 0.3 is 5.97 Å². The number of aryl methyl sites for hydroxylation is 1. The largest absolute Gasteiger partial charge is 0.478 e. The Balaban J connectivity index is 1.47. The Labute approximate surface area is 233 Å². The van der Waals surface area contributed by atoms with Crippen molar-refractivity contribution in [3.05, 3.63) is 104 Å². The molecule has 1 heterocycles. The molecule has 7 heteroatoms. The second-order valence-corrected chi connectivity index (χ2v) is 11.5. The second kappa shape index (κ2) is 11.7. The first-order valence-electron chi connectivity index (χ1n) is 13.3. The quantitative estimate of drug-likeness (QED) is 0.288. The number of benzene rings is 3. The maximum absolute atomic E-state index is 12.5. The lowest BCUT2D eigenvalue weighted by atomic mass is 9.75. The van der Waals surface area contributed by atoms with Crippen molar-refractivity contribution in [2.24, 2.45) is 11.7 Å². The number of carboxylic acids is 1. The molecule has 0 amide bonds. The van der Waals surface area contributed by atoms with E-state index in [0.29, 0.717) is 27.9 Å². The molecule has 3 N–H and O–H groups in total. The summed E-state index contributed by atoms with van der Waals surface area (Å²) >= 11 is 12.9. The number of aromatic carboxylic acids is 1. The molecule has 1 aliphatic heterocycles. The highest BCUT2D eigenvalue weighted by Crippen LogP contribution is 2.47. The molecule has 1 fully saturated rings. The number of rotatable bonds is 8. The third kappa shape index (κ3) is 5.62. The number of nitrogens with zero attached hydrogens (tertiary/aromatic N) is 1. The minimum absolute atomic E-state index is 0.0131. The Morgan fingerprint density at radius 2 is 1.79 bits per heavy atom. The van der Waals surface area contributed by atoms with Crippen molar-refractivity contribution >= 4 is 29.2 Å². The molecule has 1 aliphatic carbocycles. The fraction of sp³-hybridized carbons (Fsp3) is 0.387. The number of halogens is 3. The summed E-state index contributed by atoms with van der Waals surface area (Å²) in [7, 11) is 0. The van der Waals surface area contributed by atoms with Gasteiger partial charge in [-0.25, -0.2) is 4.79 Å². The van der Waals surface area contributed by atoms with Crippen LogP contribution in [-0.4, -0.2) is 42.3 Å². The number of hydrogen-bond donors (Lipinski definition) is 2. The number of fused-ring (bicyclic) bond motifs is 1. The van der Waals surface area contributed by atoms with Crippen LogP contribution in [0, 0.1) is 5.92 Å². The summed E-state index contributed by atoms with van der Waals surface area (Å²) in [6, 6.07) is 19.7. The van der Waals surface area contributed by atoms with E-state index in [9.17, 15) is 14.3 Å². The van der Waals surface area contributed by atoms with Crippen LogP contribution in [0.5, 0.6) is 0 Å². The monoisotopic (exact) mass is 554 g/mol. The van der Waals surface area contributed by atoms with Gasteiger partial charge in [-0.2, -0.15) is 0 Å². The van der Waals surface area contributed by atoms with Crippen LogP contribution in [0.3, 0.4) is 0 Å². The van der Waals surface area contributed by atoms with Gasteiger partial charge in [0.25, 0.3) is 0 Å². The van der Waals surface area contributed by atoms with E-state index in [4.69, 9.17) is 28.9 Å². The highest BCUT2D eigenvalue weighted by Gasteiger charge is 2.34. The zero-order chi connectivity index (χ0) is 26.8. The van der Waals surface area contributed by atoms with Crippen LogP contribution >= 0.6 is 23.2 Å². The molecule has 0 aromatic heterocycles. The number of alkyl halides is 1. The molecule has 3 aromatic rings. The molecule has 0 radical (unpaired) electrons. The van der Waals surface area contributed by atoms with Crippen molar-refractivity contribution in [1.29, 1.82) is 0 Å². The molecular formula is C31H33Cl2FN2O2. The Morgan fingerprint density at radius 1 is 1.05 bits per heavy atom. The highest BCUT2D eigenvalue weighted by atomic mass is 35.5. The van der Waals surface area contributed by atoms with Crippen LogP contribution in [0.1, 0.15) is 75.3 Å². The summed E-state index contributed by atoms with van der Waals surface area (Å²) in [6.45, 7) is 2.32. The lowest BCUT2D eigenvalue weighted by molar-refractivity contribution is 0.0696. The van der Waals surface area contributed by atoms with Crippen molar-refractivity contribution in [2.75, 3.05) is 26.3 Å². The van der Waals surface area contributed by atoms with E-state index in [1.807, 2.05) is 24.3 Å². The van der Waals surface area contributed by atoms with E-state index in [-0.39, 0.29) is 24.6 Å². The van der Waals surface area contributed by atoms with Gasteiger partial charge in [0.05, 0.1) is 12.2 Å². The van der Waals surface area contributed by atoms with Crippen LogP contribution in [0.15, 0.2) is 60.7 Å². The van der Waals surface area contributed by atoms with E-state index in [1.165, 1.54) is 0 Å². The topological polar surface area (TPSA) is 66.6 Å². The number of nitrogens with two attached hydrogens (primary N) is 1. The molecule has 200 valence electrons. The zero-order valence-electron chi connectivity index (χ0n) is 21.3. The number of carboxylic acid groups (broad SMARTS) is 1. The SMILES string of the molecule is NC(c1ccc(C2c3ccc(C(=O)O)cc3CCCC2c2ccc(Cl)cc2Cl)cc1)C1CN(CCCF)C1. The first kappa shape index (κ1) is 27.1. The summed E-state index contributed by atoms with van der Waals surface area (Å²) < 4.78 is 12.5. The van der Waals surface area contributed by atoms with E-state index in [1.54, 1.807) is 12.1 Å². The summed E-state index contributed by atoms with van der Waals surface area (Å²) in [5.41, 5.74) is 12.5. The summed E-state index contributed by atoms with van der Waals surface area (Å²) in [4.78, 5) is 13.9. The van der Waals surface area contributed by atoms with E-state index < -0.39 is 5.97 Å². The van der Waals surface area contributed by atoms with Gasteiger partial charge in [-0.05, 0) is 83.7 Å². The molecule has 0 saturated carbocycles. The van der Waals surface area contributed by atoms with Crippen molar-refractivity contribution in [1.82, 2.24) is 4.90 Å². The van der Waals surface area contributed by atoms with Crippen LogP contribution in [-0.2, 0) is 6.42 Å². The summed E-state index contributed by atoms with van der Waals surface area (Å²) in [6.07, 6.45) is 3.24. The fourth-order valence-corrected chi connectivity index (χ4v) is 6.75. The molecule has 5 rings (SSSR count). The molecule has 38 heavy (non-hydrogen) atoms. The number of carbonyl (C=O) groups is 1. The van der Waals surface area contributed by atoms with E-state index >= 15 is 0 Å². The third-order valence-electron chi connectivity index (χ3n) is 8.23. The number of likely N-dealkylation sites (tertiary alicyclic amines) is 1. The highest BCUT2D eigenvalue weighted by molar-refractivity contribution is 6.35. The predicted molar refractivity (Wildman–Crippen MR) is 151 cm³/mol. The van der Waals surface area contributed by atoms with Crippen molar-refractivity contribution in [3.8, 4) is 0 Å². The van der Waals surface area contributed by atoms with Crippen LogP contribution in [0.25, 0.3) is 0 Å². The normalized spacial score (nSPS) is 20.8. The molecule has 1 saturated heterocycles. The third-order valence-corrected chi connectivity index (χ3v) is 8.79. The molecule has 4 nitrogen and oxygen atoms in total. The molecule has 0 bridgehead atoms. The molecule has 0 spiro atoms. The lowest BCUT2D eigenvalue weighted by Crippen LogP contribution is -2.51. The van der Waals surface area contributed by atoms with Gasteiger partial charge in [0.1, 0.15) is 0 Å². The first-order chi connectivity index (χ1) is 18.4. The van der Waals surface area contributed by atoms with Crippen molar-refractivity contribution in [2.45, 2.75) is 43.6 Å². The average molecular weight is 556 g/mol. The van der Waals surface area contributed by atoms with Gasteiger partial charge < -0.3 is 15.7 Å². The summed E-state index contributed by atoms with van der Waals surface area (Å²) in [5, 5.41) is 10.8. The van der Waals surface area contributed by atoms with Gasteiger partial charge in [-0.15, -0.1) is 0 Å². The van der Waals surface area contributed by atoms with Crippen molar-refractivity contribution in [3.63, 3.8) is 0 Å². The minimum atomic E-state index is -0.913. The predicted octanol–water partition coefficient (Wildman–Crippen LogP) is 7.23. The minimum Gasteiger partial charge on any atom is -0.478 e. The maximum atomic E-state index is 12.5. The first-order valence-corrected chi connectivity index (χ1v) is 14.1. The standard InChI is InChI=1S/C31H33Cl2FN2O2/c32-24-10-12-26(28(33)16-24)27-4-1-3-21-15-22(31(37)38)9-11-25(21)29(27)19-5-7-20(8-6-19)30(35)23-17-36(18-23)14-2-13-34/h5-12,15-16,23,27,29-30H,1-4,13-14,17-18,35H2,(H,37,38). The Bertz CT molecular complexity index is 1290. The van der Waals surface area contributed by atoms with Gasteiger partial charge in [-0.1, -0.05) is 59.6 Å². The average Bonchev–Trinajstić information content (AvgIpc) is 3.07. The molecule has 3 atom stereocenters. The van der Waals surface area contributed by atoms with Gasteiger partial charge in [-0.3, -0.25) is 4.39 Å². The van der Waals surface area contributed by atoms with Crippen LogP contribution in [0.2, 0.25) is 10.0 Å². The number of hydrogen-bond acceptors (Lipinski definition) is 3. The second-order valence-electron chi connectivity index (χ2n) is 10.6. The molecule has 2 aliphatic rings. The van der Waals surface area contributed by atoms with Crippen molar-refractivity contribution < 1.29 is 14.3 Å². The molecule has 3 aromatic carbocycles. The maximum Gasteiger partial charge on any atom is 0.335 e. The van der Waals surface area contributed by atoms with Gasteiger partial charge in [0, 0.05) is 47.6 Å². The molecular weight excluding hydrogens is 522 g/mol. The fourth-order valence-electron chi connectivity index (χ4n) is 6.20. The van der Waals surface area contributed by atoms with E-state index in [2.05, 4.69) is 29.2 Å². The Hall–Kier alpha value is -2.44. The van der Waals surface area contributed by atoms with Gasteiger partial charge in [0.2, 0.25) is 0 Å². The van der Waals surface area contributed by atoms with Crippen LogP contribution < -0.4 is 5.73 Å². The zero-order valence-corrected chi connectivity index (χ0v) is 22.8. The Kier molecular flexibility index (Phi) is 8.39. The van der Waals surface area contributed by atoms with E-state index in [0.717, 1.165) is 66.7 Å². The molecule has 3 unspecified atom stereocenters. The summed E-state index contributed by atoms with van der Waals surface area (Å²) in [5.74, 6) is -0.413. The smallest absolute Gasteiger partial charge is 0.335 e.